The van der Waals surface area contributed by atoms with Crippen molar-refractivity contribution >= 4 is 22.4 Å². The number of hydrogen-bond acceptors (Lipinski definition) is 4. The molecule has 0 aliphatic heterocycles. The van der Waals surface area contributed by atoms with Gasteiger partial charge in [-0.2, -0.15) is 0 Å². The van der Waals surface area contributed by atoms with Gasteiger partial charge in [0.25, 0.3) is 5.91 Å². The highest BCUT2D eigenvalue weighted by atomic mass is 32.1. The second kappa shape index (κ2) is 3.59. The zero-order valence-electron chi connectivity index (χ0n) is 7.44. The molecule has 5 nitrogen and oxygen atoms in total. The molecule has 0 unspecified atom stereocenters. The third-order valence-electron chi connectivity index (χ3n) is 1.55. The molecular formula is C8H8N4OS. The van der Waals surface area contributed by atoms with Crippen LogP contribution < -0.4 is 5.32 Å². The smallest absolute Gasteiger partial charge is 0.293 e. The third-order valence-corrected chi connectivity index (χ3v) is 2.43. The van der Waals surface area contributed by atoms with Crippen LogP contribution in [0.5, 0.6) is 0 Å². The number of hydrogen-bond donors (Lipinski definition) is 2. The molecule has 6 heteroatoms. The van der Waals surface area contributed by atoms with Gasteiger partial charge in [-0.1, -0.05) is 0 Å². The number of anilines is 1. The molecule has 1 amide bonds. The second-order valence-electron chi connectivity index (χ2n) is 2.69. The van der Waals surface area contributed by atoms with E-state index in [4.69, 9.17) is 0 Å². The van der Waals surface area contributed by atoms with E-state index in [0.717, 1.165) is 5.69 Å². The van der Waals surface area contributed by atoms with Crippen molar-refractivity contribution in [3.63, 3.8) is 0 Å². The van der Waals surface area contributed by atoms with E-state index < -0.39 is 0 Å². The summed E-state index contributed by atoms with van der Waals surface area (Å²) in [4.78, 5) is 22.1. The van der Waals surface area contributed by atoms with Crippen molar-refractivity contribution in [3.05, 3.63) is 29.3 Å². The first-order chi connectivity index (χ1) is 6.75. The van der Waals surface area contributed by atoms with Gasteiger partial charge in [-0.05, 0) is 6.92 Å². The molecule has 0 fully saturated rings. The molecule has 0 bridgehead atoms. The van der Waals surface area contributed by atoms with Gasteiger partial charge < -0.3 is 4.98 Å². The van der Waals surface area contributed by atoms with Crippen LogP contribution in [-0.2, 0) is 0 Å². The number of amides is 1. The first-order valence-corrected chi connectivity index (χ1v) is 4.86. The molecule has 0 saturated heterocycles. The van der Waals surface area contributed by atoms with Gasteiger partial charge in [-0.25, -0.2) is 9.97 Å². The fourth-order valence-corrected chi connectivity index (χ4v) is 1.64. The normalized spacial score (nSPS) is 10.1. The summed E-state index contributed by atoms with van der Waals surface area (Å²) >= 11 is 1.39. The number of aryl methyl sites for hydroxylation is 1. The molecule has 0 saturated carbocycles. The summed E-state index contributed by atoms with van der Waals surface area (Å²) in [5.41, 5.74) is 0.893. The van der Waals surface area contributed by atoms with E-state index in [0.29, 0.717) is 5.13 Å². The van der Waals surface area contributed by atoms with E-state index in [1.54, 1.807) is 6.20 Å². The lowest BCUT2D eigenvalue weighted by molar-refractivity contribution is 0.101. The van der Waals surface area contributed by atoms with Crippen molar-refractivity contribution in [3.8, 4) is 0 Å². The lowest BCUT2D eigenvalue weighted by Gasteiger charge is -1.96. The van der Waals surface area contributed by atoms with Gasteiger partial charge >= 0.3 is 0 Å². The molecule has 2 N–H and O–H groups in total. The number of nitrogens with zero attached hydrogens (tertiary/aromatic N) is 2. The molecule has 2 rings (SSSR count). The Morgan fingerprint density at radius 1 is 1.64 bits per heavy atom. The van der Waals surface area contributed by atoms with Crippen LogP contribution in [0.15, 0.2) is 17.8 Å². The predicted molar refractivity (Wildman–Crippen MR) is 53.4 cm³/mol. The molecule has 2 heterocycles. The van der Waals surface area contributed by atoms with Crippen LogP contribution in [0.1, 0.15) is 16.3 Å². The van der Waals surface area contributed by atoms with Gasteiger partial charge in [-0.15, -0.1) is 11.3 Å². The molecule has 0 aromatic carbocycles. The highest BCUT2D eigenvalue weighted by molar-refractivity contribution is 7.13. The average Bonchev–Trinajstić information content (AvgIpc) is 2.75. The Labute approximate surface area is 84.2 Å². The fraction of sp³-hybridized carbons (Fsp3) is 0.125. The maximum Gasteiger partial charge on any atom is 0.293 e. The summed E-state index contributed by atoms with van der Waals surface area (Å²) in [6.45, 7) is 1.87. The van der Waals surface area contributed by atoms with E-state index in [-0.39, 0.29) is 11.7 Å². The van der Waals surface area contributed by atoms with Crippen LogP contribution in [0.4, 0.5) is 5.13 Å². The Kier molecular flexibility index (Phi) is 2.28. The van der Waals surface area contributed by atoms with Crippen molar-refractivity contribution < 1.29 is 4.79 Å². The van der Waals surface area contributed by atoms with Gasteiger partial charge in [0.05, 0.1) is 5.69 Å². The topological polar surface area (TPSA) is 70.7 Å². The van der Waals surface area contributed by atoms with Gasteiger partial charge in [0.15, 0.2) is 11.0 Å². The van der Waals surface area contributed by atoms with E-state index in [1.807, 2.05) is 12.3 Å². The zero-order chi connectivity index (χ0) is 9.97. The van der Waals surface area contributed by atoms with Gasteiger partial charge in [0.2, 0.25) is 0 Å². The number of thiazole rings is 1. The molecule has 0 atom stereocenters. The quantitative estimate of drug-likeness (QED) is 0.784. The Morgan fingerprint density at radius 2 is 2.50 bits per heavy atom. The van der Waals surface area contributed by atoms with Gasteiger partial charge in [0.1, 0.15) is 0 Å². The van der Waals surface area contributed by atoms with E-state index in [9.17, 15) is 4.79 Å². The second-order valence-corrected chi connectivity index (χ2v) is 3.54. The highest BCUT2D eigenvalue weighted by Gasteiger charge is 2.09. The number of H-pyrrole nitrogens is 1. The minimum absolute atomic E-state index is 0.274. The van der Waals surface area contributed by atoms with Crippen LogP contribution in [0.25, 0.3) is 0 Å². The van der Waals surface area contributed by atoms with Crippen molar-refractivity contribution in [2.75, 3.05) is 5.32 Å². The molecule has 2 aromatic rings. The van der Waals surface area contributed by atoms with E-state index in [2.05, 4.69) is 20.3 Å². The number of carbonyl (C=O) groups is 1. The minimum Gasteiger partial charge on any atom is -0.341 e. The molecule has 14 heavy (non-hydrogen) atoms. The van der Waals surface area contributed by atoms with Gasteiger partial charge in [-0.3, -0.25) is 10.1 Å². The maximum atomic E-state index is 11.4. The number of aromatic nitrogens is 3. The summed E-state index contributed by atoms with van der Waals surface area (Å²) in [6, 6.07) is 0. The van der Waals surface area contributed by atoms with Crippen molar-refractivity contribution in [2.45, 2.75) is 6.92 Å². The predicted octanol–water partition coefficient (Wildman–Crippen LogP) is 1.43. The van der Waals surface area contributed by atoms with Crippen molar-refractivity contribution in [2.24, 2.45) is 0 Å². The van der Waals surface area contributed by atoms with E-state index in [1.165, 1.54) is 17.5 Å². The Morgan fingerprint density at radius 3 is 3.07 bits per heavy atom. The maximum absolute atomic E-state index is 11.4. The van der Waals surface area contributed by atoms with Crippen LogP contribution in [0, 0.1) is 6.92 Å². The number of imidazole rings is 1. The number of aromatic amines is 1. The lowest BCUT2D eigenvalue weighted by Crippen LogP contribution is -2.13. The Hall–Kier alpha value is -1.69. The highest BCUT2D eigenvalue weighted by Crippen LogP contribution is 2.14. The summed E-state index contributed by atoms with van der Waals surface area (Å²) in [5.74, 6) is 0.0159. The average molecular weight is 208 g/mol. The van der Waals surface area contributed by atoms with Crippen LogP contribution in [0.3, 0.4) is 0 Å². The van der Waals surface area contributed by atoms with E-state index >= 15 is 0 Å². The summed E-state index contributed by atoms with van der Waals surface area (Å²) in [5, 5.41) is 5.10. The molecule has 0 spiro atoms. The molecule has 0 aliphatic rings. The first-order valence-electron chi connectivity index (χ1n) is 3.98. The monoisotopic (exact) mass is 208 g/mol. The number of rotatable bonds is 2. The van der Waals surface area contributed by atoms with Crippen molar-refractivity contribution in [1.29, 1.82) is 0 Å². The Bertz CT molecular complexity index is 434. The molecule has 2 aromatic heterocycles. The first kappa shape index (κ1) is 8.89. The summed E-state index contributed by atoms with van der Waals surface area (Å²) < 4.78 is 0. The SMILES string of the molecule is Cc1csc(NC(=O)c2ncc[nH]2)n1. The number of nitrogens with one attached hydrogen (secondary N) is 2. The lowest BCUT2D eigenvalue weighted by atomic mass is 10.5. The third kappa shape index (κ3) is 1.80. The molecule has 0 radical (unpaired) electrons. The zero-order valence-corrected chi connectivity index (χ0v) is 8.26. The number of carbonyl (C=O) groups excluding carboxylic acids is 1. The van der Waals surface area contributed by atoms with Crippen LogP contribution in [0.2, 0.25) is 0 Å². The van der Waals surface area contributed by atoms with Gasteiger partial charge in [0, 0.05) is 17.8 Å². The Balaban J connectivity index is 2.09. The largest absolute Gasteiger partial charge is 0.341 e. The van der Waals surface area contributed by atoms with Crippen LogP contribution in [-0.4, -0.2) is 20.9 Å². The van der Waals surface area contributed by atoms with Crippen LogP contribution >= 0.6 is 11.3 Å². The molecule has 0 aliphatic carbocycles. The summed E-state index contributed by atoms with van der Waals surface area (Å²) in [7, 11) is 0. The van der Waals surface area contributed by atoms with Crippen molar-refractivity contribution in [1.82, 2.24) is 15.0 Å². The minimum atomic E-state index is -0.274. The summed E-state index contributed by atoms with van der Waals surface area (Å²) in [6.07, 6.45) is 3.13. The molecule has 72 valence electrons. The molecular weight excluding hydrogens is 200 g/mol. The standard InChI is InChI=1S/C8H8N4OS/c1-5-4-14-8(11-5)12-7(13)6-9-2-3-10-6/h2-4H,1H3,(H,9,10)(H,11,12,13). The fourth-order valence-electron chi connectivity index (χ4n) is 0.957.